The number of rotatable bonds is 7. The summed E-state index contributed by atoms with van der Waals surface area (Å²) in [5.41, 5.74) is 11.2. The molecule has 4 aromatic heterocycles. The van der Waals surface area contributed by atoms with E-state index in [9.17, 15) is 4.39 Å². The van der Waals surface area contributed by atoms with Crippen LogP contribution in [0.4, 0.5) is 4.39 Å². The summed E-state index contributed by atoms with van der Waals surface area (Å²) in [5, 5.41) is 3.75. The van der Waals surface area contributed by atoms with Crippen molar-refractivity contribution in [2.45, 2.75) is 78.9 Å². The molecular weight excluding hydrogens is 924 g/mol. The van der Waals surface area contributed by atoms with Crippen LogP contribution in [0.25, 0.3) is 72.3 Å². The Labute approximate surface area is 362 Å². The van der Waals surface area contributed by atoms with E-state index in [4.69, 9.17) is 15.8 Å². The SMILES string of the molecule is CC(C)c1cccc(C(C)C)c1-n1c(-c2[c-]ccc3c2oc2nc4ccc(F)cc4cc23)nc2ccccc21.[2H]C(C)(C)c1cc(-c2[c-]cccc2)ncc1[Si](C)(C)C.[Ir]. The zero-order chi connectivity index (χ0) is 41.8. The van der Waals surface area contributed by atoms with Crippen molar-refractivity contribution in [3.63, 3.8) is 0 Å². The molecule has 0 amide bonds. The number of hydrogen-bond donors (Lipinski definition) is 0. The van der Waals surface area contributed by atoms with E-state index >= 15 is 0 Å². The molecule has 9 aromatic rings. The van der Waals surface area contributed by atoms with Crippen LogP contribution < -0.4 is 5.19 Å². The first-order chi connectivity index (χ1) is 28.1. The van der Waals surface area contributed by atoms with Gasteiger partial charge in [0.05, 0.1) is 36.0 Å². The molecule has 301 valence electrons. The zero-order valence-electron chi connectivity index (χ0n) is 36.0. The molecule has 0 saturated heterocycles. The van der Waals surface area contributed by atoms with Crippen LogP contribution in [0.5, 0.6) is 0 Å². The van der Waals surface area contributed by atoms with E-state index in [0.29, 0.717) is 28.6 Å². The Hall–Kier alpha value is -5.27. The Kier molecular flexibility index (Phi) is 11.5. The van der Waals surface area contributed by atoms with Crippen molar-refractivity contribution >= 4 is 57.3 Å². The first kappa shape index (κ1) is 40.5. The number of hydrogen-bond acceptors (Lipinski definition) is 4. The van der Waals surface area contributed by atoms with Gasteiger partial charge >= 0.3 is 0 Å². The van der Waals surface area contributed by atoms with Gasteiger partial charge in [-0.15, -0.1) is 54.1 Å². The molecule has 0 bridgehead atoms. The third kappa shape index (κ3) is 8.06. The fraction of sp³-hybridized carbons (Fsp3) is 0.235. The van der Waals surface area contributed by atoms with Gasteiger partial charge < -0.3 is 14.0 Å². The van der Waals surface area contributed by atoms with Crippen LogP contribution in [-0.4, -0.2) is 27.6 Å². The van der Waals surface area contributed by atoms with E-state index in [2.05, 4.69) is 105 Å². The molecule has 0 aliphatic carbocycles. The standard InChI is InChI=1S/C34H27FN3O.C17H22NSi.Ir/c1-19(2)23-9-7-10-24(20(3)4)31(23)38-30-14-6-5-13-29(30)36-33(38)26-12-8-11-25-27-18-21-17-22(35)15-16-28(21)37-34(27)39-32(25)26;1-13(2)15-11-16(14-9-7-6-8-10-14)18-12-17(15)19(3,4)5;/h5-11,13-20H,1-4H3;6-9,11-13H,1-5H3;/q2*-1;/i;13D;. The molecule has 4 heterocycles. The number of para-hydroxylation sites is 3. The number of nitrogens with zero attached hydrogens (tertiary/aromatic N) is 4. The smallest absolute Gasteiger partial charge is 0.216 e. The number of fused-ring (bicyclic) bond motifs is 5. The van der Waals surface area contributed by atoms with Crippen molar-refractivity contribution in [3.8, 4) is 28.3 Å². The normalized spacial score (nSPS) is 12.3. The molecule has 59 heavy (non-hydrogen) atoms. The summed E-state index contributed by atoms with van der Waals surface area (Å²) in [7, 11) is -1.50. The largest absolute Gasteiger partial charge is 0.486 e. The van der Waals surface area contributed by atoms with Crippen LogP contribution in [-0.2, 0) is 20.1 Å². The predicted molar refractivity (Wildman–Crippen MR) is 242 cm³/mol. The van der Waals surface area contributed by atoms with Gasteiger partial charge in [0.15, 0.2) is 0 Å². The Morgan fingerprint density at radius 3 is 2.14 bits per heavy atom. The van der Waals surface area contributed by atoms with Crippen molar-refractivity contribution in [2.24, 2.45) is 0 Å². The Morgan fingerprint density at radius 1 is 0.729 bits per heavy atom. The first-order valence-electron chi connectivity index (χ1n) is 20.5. The average molecular weight is 974 g/mol. The van der Waals surface area contributed by atoms with E-state index in [1.807, 2.05) is 74.6 Å². The summed E-state index contributed by atoms with van der Waals surface area (Å²) in [6, 6.07) is 41.8. The molecule has 0 unspecified atom stereocenters. The third-order valence-corrected chi connectivity index (χ3v) is 12.8. The van der Waals surface area contributed by atoms with Crippen LogP contribution in [0, 0.1) is 17.9 Å². The van der Waals surface area contributed by atoms with Crippen LogP contribution in [0.15, 0.2) is 120 Å². The fourth-order valence-corrected chi connectivity index (χ4v) is 9.40. The molecule has 0 spiro atoms. The molecule has 5 aromatic carbocycles. The topological polar surface area (TPSA) is 56.7 Å². The average Bonchev–Trinajstić information content (AvgIpc) is 3.77. The number of imidazole rings is 1. The molecule has 5 nitrogen and oxygen atoms in total. The van der Waals surface area contributed by atoms with E-state index < -0.39 is 14.0 Å². The number of pyridine rings is 2. The molecule has 0 aliphatic rings. The summed E-state index contributed by atoms with van der Waals surface area (Å²) in [6.45, 7) is 19.7. The molecular formula is C51H49FIrN4OSi-2. The molecule has 0 N–H and O–H groups in total. The van der Waals surface area contributed by atoms with Gasteiger partial charge in [-0.25, -0.2) is 9.37 Å². The molecule has 0 aliphatic heterocycles. The minimum Gasteiger partial charge on any atom is -0.486 e. The summed E-state index contributed by atoms with van der Waals surface area (Å²) in [5.74, 6) is 0.504. The van der Waals surface area contributed by atoms with Crippen molar-refractivity contribution in [1.82, 2.24) is 19.5 Å². The van der Waals surface area contributed by atoms with Gasteiger partial charge in [-0.3, -0.25) is 4.98 Å². The Bertz CT molecular complexity index is 2970. The van der Waals surface area contributed by atoms with Gasteiger partial charge in [-0.1, -0.05) is 114 Å². The molecule has 0 saturated carbocycles. The molecule has 9 rings (SSSR count). The van der Waals surface area contributed by atoms with Crippen LogP contribution in [0.3, 0.4) is 0 Å². The summed E-state index contributed by atoms with van der Waals surface area (Å²) in [4.78, 5) is 14.5. The molecule has 0 atom stereocenters. The maximum absolute atomic E-state index is 14.0. The maximum Gasteiger partial charge on any atom is 0.216 e. The van der Waals surface area contributed by atoms with Crippen molar-refractivity contribution < 1.29 is 30.3 Å². The van der Waals surface area contributed by atoms with Crippen LogP contribution in [0.2, 0.25) is 19.6 Å². The predicted octanol–water partition coefficient (Wildman–Crippen LogP) is 13.5. The van der Waals surface area contributed by atoms with Gasteiger partial charge in [0.25, 0.3) is 0 Å². The maximum atomic E-state index is 14.0. The minimum absolute atomic E-state index is 0. The summed E-state index contributed by atoms with van der Waals surface area (Å²) < 4.78 is 31.1. The number of benzene rings is 5. The second-order valence-electron chi connectivity index (χ2n) is 16.9. The van der Waals surface area contributed by atoms with E-state index in [0.717, 1.165) is 61.1 Å². The summed E-state index contributed by atoms with van der Waals surface area (Å²) in [6.07, 6.45) is 1.98. The number of aromatic nitrogens is 4. The Balaban J connectivity index is 0.000000220. The second-order valence-corrected chi connectivity index (χ2v) is 21.9. The fourth-order valence-electron chi connectivity index (χ4n) is 7.82. The van der Waals surface area contributed by atoms with Gasteiger partial charge in [0.1, 0.15) is 5.82 Å². The zero-order valence-corrected chi connectivity index (χ0v) is 38.4. The Morgan fingerprint density at radius 2 is 1.46 bits per heavy atom. The van der Waals surface area contributed by atoms with Crippen molar-refractivity contribution in [2.75, 3.05) is 0 Å². The number of halogens is 1. The van der Waals surface area contributed by atoms with Crippen LogP contribution in [0.1, 0.15) is 77.3 Å². The molecule has 0 fully saturated rings. The van der Waals surface area contributed by atoms with Gasteiger partial charge in [0.2, 0.25) is 5.71 Å². The van der Waals surface area contributed by atoms with Gasteiger partial charge in [-0.2, -0.15) is 0 Å². The van der Waals surface area contributed by atoms with Crippen molar-refractivity contribution in [3.05, 3.63) is 150 Å². The summed E-state index contributed by atoms with van der Waals surface area (Å²) >= 11 is 0. The quantitative estimate of drug-likeness (QED) is 0.118. The third-order valence-electron chi connectivity index (χ3n) is 10.8. The molecule has 1 radical (unpaired) electrons. The van der Waals surface area contributed by atoms with Crippen LogP contribution >= 0.6 is 0 Å². The van der Waals surface area contributed by atoms with Gasteiger partial charge in [0, 0.05) is 44.1 Å². The first-order valence-corrected chi connectivity index (χ1v) is 23.5. The van der Waals surface area contributed by atoms with Gasteiger partial charge in [-0.05, 0) is 76.1 Å². The van der Waals surface area contributed by atoms with Crippen molar-refractivity contribution in [1.29, 1.82) is 0 Å². The molecule has 8 heteroatoms. The monoisotopic (exact) mass is 974 g/mol. The minimum atomic E-state index is -1.50. The van der Waals surface area contributed by atoms with E-state index in [1.165, 1.54) is 28.4 Å². The second kappa shape index (κ2) is 16.8. The number of furan rings is 1. The van der Waals surface area contributed by atoms with E-state index in [1.54, 1.807) is 6.07 Å². The van der Waals surface area contributed by atoms with E-state index in [-0.39, 0.29) is 25.9 Å².